The summed E-state index contributed by atoms with van der Waals surface area (Å²) in [4.78, 5) is 29.0. The SMILES string of the molecule is O=C(O)[C@@H]1CCN1C(=O)C1(c2ccccc2)CCN(Cc2ccccc2)CC1. The molecule has 2 aliphatic rings. The minimum Gasteiger partial charge on any atom is -0.480 e. The first kappa shape index (κ1) is 18.7. The first-order valence-electron chi connectivity index (χ1n) is 9.96. The summed E-state index contributed by atoms with van der Waals surface area (Å²) in [6.07, 6.45) is 1.98. The van der Waals surface area contributed by atoms with Crippen molar-refractivity contribution in [3.05, 3.63) is 71.8 Å². The fraction of sp³-hybridized carbons (Fsp3) is 0.391. The van der Waals surface area contributed by atoms with Gasteiger partial charge in [0, 0.05) is 13.1 Å². The molecule has 146 valence electrons. The number of carboxylic acids is 1. The molecule has 5 nitrogen and oxygen atoms in total. The molecular formula is C23H26N2O3. The maximum Gasteiger partial charge on any atom is 0.326 e. The zero-order valence-electron chi connectivity index (χ0n) is 16.0. The highest BCUT2D eigenvalue weighted by Gasteiger charge is 2.49. The molecule has 5 heteroatoms. The number of benzene rings is 2. The molecule has 0 aliphatic carbocycles. The smallest absolute Gasteiger partial charge is 0.326 e. The third kappa shape index (κ3) is 3.42. The maximum absolute atomic E-state index is 13.5. The lowest BCUT2D eigenvalue weighted by molar-refractivity contribution is -0.161. The van der Waals surface area contributed by atoms with E-state index < -0.39 is 17.4 Å². The highest BCUT2D eigenvalue weighted by Crippen LogP contribution is 2.40. The van der Waals surface area contributed by atoms with Crippen LogP contribution in [0.1, 0.15) is 30.4 Å². The predicted molar refractivity (Wildman–Crippen MR) is 107 cm³/mol. The molecule has 1 atom stereocenters. The lowest BCUT2D eigenvalue weighted by Crippen LogP contribution is -2.62. The average molecular weight is 378 g/mol. The second-order valence-electron chi connectivity index (χ2n) is 7.85. The van der Waals surface area contributed by atoms with E-state index in [0.29, 0.717) is 25.8 Å². The summed E-state index contributed by atoms with van der Waals surface area (Å²) in [5, 5.41) is 9.41. The van der Waals surface area contributed by atoms with Crippen molar-refractivity contribution in [3.8, 4) is 0 Å². The van der Waals surface area contributed by atoms with E-state index in [0.717, 1.165) is 25.2 Å². The zero-order chi connectivity index (χ0) is 19.6. The summed E-state index contributed by atoms with van der Waals surface area (Å²) >= 11 is 0. The largest absolute Gasteiger partial charge is 0.480 e. The number of hydrogen-bond acceptors (Lipinski definition) is 3. The number of carbonyl (C=O) groups excluding carboxylic acids is 1. The lowest BCUT2D eigenvalue weighted by atomic mass is 9.70. The Morgan fingerprint density at radius 1 is 0.929 bits per heavy atom. The minimum absolute atomic E-state index is 0.0169. The van der Waals surface area contributed by atoms with Gasteiger partial charge in [0.1, 0.15) is 6.04 Å². The summed E-state index contributed by atoms with van der Waals surface area (Å²) in [7, 11) is 0. The van der Waals surface area contributed by atoms with Crippen LogP contribution >= 0.6 is 0 Å². The van der Waals surface area contributed by atoms with E-state index in [2.05, 4.69) is 17.0 Å². The molecule has 0 bridgehead atoms. The van der Waals surface area contributed by atoms with E-state index in [9.17, 15) is 14.7 Å². The quantitative estimate of drug-likeness (QED) is 0.869. The average Bonchev–Trinajstić information content (AvgIpc) is 2.69. The van der Waals surface area contributed by atoms with Crippen LogP contribution in [0.4, 0.5) is 0 Å². The van der Waals surface area contributed by atoms with Crippen LogP contribution in [0.2, 0.25) is 0 Å². The Labute approximate surface area is 165 Å². The molecule has 1 amide bonds. The number of amides is 1. The fourth-order valence-corrected chi connectivity index (χ4v) is 4.48. The van der Waals surface area contributed by atoms with Crippen LogP contribution in [0.3, 0.4) is 0 Å². The number of piperidine rings is 1. The summed E-state index contributed by atoms with van der Waals surface area (Å²) < 4.78 is 0. The standard InChI is InChI=1S/C23H26N2O3/c26-21(27)20-11-14-25(20)22(28)23(19-9-5-2-6-10-19)12-15-24(16-13-23)17-18-7-3-1-4-8-18/h1-10,20H,11-17H2,(H,26,27)/t20-/m0/s1. The summed E-state index contributed by atoms with van der Waals surface area (Å²) in [5.74, 6) is -0.916. The molecule has 2 fully saturated rings. The highest BCUT2D eigenvalue weighted by atomic mass is 16.4. The van der Waals surface area contributed by atoms with Gasteiger partial charge in [-0.25, -0.2) is 4.79 Å². The van der Waals surface area contributed by atoms with Crippen molar-refractivity contribution in [2.24, 2.45) is 0 Å². The van der Waals surface area contributed by atoms with Crippen LogP contribution in [0.25, 0.3) is 0 Å². The fourth-order valence-electron chi connectivity index (χ4n) is 4.48. The van der Waals surface area contributed by atoms with Gasteiger partial charge in [0.25, 0.3) is 0 Å². The molecule has 0 unspecified atom stereocenters. The summed E-state index contributed by atoms with van der Waals surface area (Å²) in [5.41, 5.74) is 1.66. The summed E-state index contributed by atoms with van der Waals surface area (Å²) in [6, 6.07) is 19.6. The first-order chi connectivity index (χ1) is 13.6. The van der Waals surface area contributed by atoms with E-state index in [1.165, 1.54) is 5.56 Å². The minimum atomic E-state index is -0.899. The second-order valence-corrected chi connectivity index (χ2v) is 7.85. The van der Waals surface area contributed by atoms with Gasteiger partial charge < -0.3 is 10.0 Å². The van der Waals surface area contributed by atoms with Crippen molar-refractivity contribution < 1.29 is 14.7 Å². The number of likely N-dealkylation sites (tertiary alicyclic amines) is 2. The molecule has 2 heterocycles. The number of aliphatic carboxylic acids is 1. The van der Waals surface area contributed by atoms with Gasteiger partial charge >= 0.3 is 5.97 Å². The topological polar surface area (TPSA) is 60.9 Å². The molecule has 2 saturated heterocycles. The van der Waals surface area contributed by atoms with Crippen molar-refractivity contribution in [1.82, 2.24) is 9.80 Å². The molecule has 2 aromatic carbocycles. The van der Waals surface area contributed by atoms with E-state index in [1.807, 2.05) is 48.5 Å². The van der Waals surface area contributed by atoms with Crippen LogP contribution in [0.5, 0.6) is 0 Å². The van der Waals surface area contributed by atoms with E-state index in [-0.39, 0.29) is 5.91 Å². The van der Waals surface area contributed by atoms with Gasteiger partial charge in [-0.05, 0) is 43.5 Å². The van der Waals surface area contributed by atoms with E-state index >= 15 is 0 Å². The number of carbonyl (C=O) groups is 2. The highest BCUT2D eigenvalue weighted by molar-refractivity contribution is 5.93. The molecule has 4 rings (SSSR count). The first-order valence-corrected chi connectivity index (χ1v) is 9.96. The Kier molecular flexibility index (Phi) is 5.18. The van der Waals surface area contributed by atoms with Gasteiger partial charge in [0.15, 0.2) is 0 Å². The summed E-state index contributed by atoms with van der Waals surface area (Å²) in [6.45, 7) is 3.06. The molecule has 2 aliphatic heterocycles. The molecule has 2 aromatic rings. The number of nitrogens with zero attached hydrogens (tertiary/aromatic N) is 2. The molecule has 1 N–H and O–H groups in total. The van der Waals surface area contributed by atoms with Gasteiger partial charge in [-0.2, -0.15) is 0 Å². The van der Waals surface area contributed by atoms with Crippen LogP contribution in [-0.4, -0.2) is 52.5 Å². The van der Waals surface area contributed by atoms with Crippen LogP contribution < -0.4 is 0 Å². The Morgan fingerprint density at radius 3 is 2.07 bits per heavy atom. The van der Waals surface area contributed by atoms with Crippen LogP contribution in [-0.2, 0) is 21.5 Å². The Morgan fingerprint density at radius 2 is 1.54 bits per heavy atom. The van der Waals surface area contributed by atoms with E-state index in [4.69, 9.17) is 0 Å². The van der Waals surface area contributed by atoms with Crippen molar-refractivity contribution in [3.63, 3.8) is 0 Å². The Balaban J connectivity index is 1.55. The monoisotopic (exact) mass is 378 g/mol. The molecule has 0 spiro atoms. The van der Waals surface area contributed by atoms with Crippen molar-refractivity contribution in [2.45, 2.75) is 37.3 Å². The zero-order valence-corrected chi connectivity index (χ0v) is 16.0. The molecule has 0 saturated carbocycles. The van der Waals surface area contributed by atoms with Gasteiger partial charge in [-0.1, -0.05) is 60.7 Å². The Hall–Kier alpha value is -2.66. The number of rotatable bonds is 5. The lowest BCUT2D eigenvalue weighted by Gasteiger charge is -2.48. The molecular weight excluding hydrogens is 352 g/mol. The van der Waals surface area contributed by atoms with Gasteiger partial charge in [0.05, 0.1) is 5.41 Å². The second kappa shape index (κ2) is 7.76. The van der Waals surface area contributed by atoms with Crippen molar-refractivity contribution in [2.75, 3.05) is 19.6 Å². The van der Waals surface area contributed by atoms with Gasteiger partial charge in [-0.15, -0.1) is 0 Å². The molecule has 28 heavy (non-hydrogen) atoms. The molecule has 0 aromatic heterocycles. The number of carboxylic acid groups (broad SMARTS) is 1. The van der Waals surface area contributed by atoms with Gasteiger partial charge in [0.2, 0.25) is 5.91 Å². The van der Waals surface area contributed by atoms with E-state index in [1.54, 1.807) is 4.90 Å². The van der Waals surface area contributed by atoms with Crippen molar-refractivity contribution in [1.29, 1.82) is 0 Å². The van der Waals surface area contributed by atoms with Crippen LogP contribution in [0, 0.1) is 0 Å². The van der Waals surface area contributed by atoms with Crippen LogP contribution in [0.15, 0.2) is 60.7 Å². The van der Waals surface area contributed by atoms with Crippen molar-refractivity contribution >= 4 is 11.9 Å². The molecule has 0 radical (unpaired) electrons. The number of hydrogen-bond donors (Lipinski definition) is 1. The third-order valence-corrected chi connectivity index (χ3v) is 6.26. The Bertz CT molecular complexity index is 829. The third-order valence-electron chi connectivity index (χ3n) is 6.26. The predicted octanol–water partition coefficient (Wildman–Crippen LogP) is 2.91. The normalized spacial score (nSPS) is 21.7. The van der Waals surface area contributed by atoms with Gasteiger partial charge in [-0.3, -0.25) is 9.69 Å². The maximum atomic E-state index is 13.5.